The molecule has 0 aliphatic heterocycles. The monoisotopic (exact) mass is 345 g/mol. The van der Waals surface area contributed by atoms with Crippen molar-refractivity contribution in [2.45, 2.75) is 19.3 Å². The van der Waals surface area contributed by atoms with E-state index in [2.05, 4.69) is 21.2 Å². The van der Waals surface area contributed by atoms with Gasteiger partial charge in [0.25, 0.3) is 5.91 Å². The molecule has 2 atom stereocenters. The number of aliphatic hydroxyl groups excluding tert-OH is 1. The molecule has 3 nitrogen and oxygen atoms in total. The molecule has 1 fully saturated rings. The molecule has 0 aromatic heterocycles. The van der Waals surface area contributed by atoms with E-state index in [0.717, 1.165) is 23.7 Å². The number of nitrogens with one attached hydrogen (secondary N) is 1. The van der Waals surface area contributed by atoms with Crippen molar-refractivity contribution in [1.29, 1.82) is 0 Å². The molecule has 0 bridgehead atoms. The number of hydrogen-bond acceptors (Lipinski definition) is 2. The summed E-state index contributed by atoms with van der Waals surface area (Å²) < 4.78 is 0.718. The van der Waals surface area contributed by atoms with Crippen molar-refractivity contribution in [2.75, 3.05) is 13.2 Å². The Morgan fingerprint density at radius 1 is 1.42 bits per heavy atom. The van der Waals surface area contributed by atoms with Gasteiger partial charge < -0.3 is 10.4 Å². The maximum atomic E-state index is 12.1. The topological polar surface area (TPSA) is 49.3 Å². The van der Waals surface area contributed by atoms with Crippen LogP contribution < -0.4 is 5.32 Å². The molecule has 5 heteroatoms. The third-order valence-electron chi connectivity index (χ3n) is 3.77. The molecule has 1 aliphatic rings. The van der Waals surface area contributed by atoms with Crippen LogP contribution in [0, 0.1) is 11.8 Å². The van der Waals surface area contributed by atoms with E-state index in [-0.39, 0.29) is 12.5 Å². The van der Waals surface area contributed by atoms with Gasteiger partial charge in [0.05, 0.1) is 10.6 Å². The number of carbonyl (C=O) groups is 1. The van der Waals surface area contributed by atoms with Crippen molar-refractivity contribution in [3.63, 3.8) is 0 Å². The molecule has 0 spiro atoms. The summed E-state index contributed by atoms with van der Waals surface area (Å²) in [7, 11) is 0. The first-order valence-corrected chi connectivity index (χ1v) is 7.63. The van der Waals surface area contributed by atoms with Gasteiger partial charge in [0.2, 0.25) is 0 Å². The van der Waals surface area contributed by atoms with Gasteiger partial charge in [0, 0.05) is 17.6 Å². The zero-order valence-corrected chi connectivity index (χ0v) is 12.9. The molecule has 1 saturated carbocycles. The highest BCUT2D eigenvalue weighted by Gasteiger charge is 2.27. The Morgan fingerprint density at radius 2 is 2.16 bits per heavy atom. The lowest BCUT2D eigenvalue weighted by Crippen LogP contribution is -2.31. The number of rotatable bonds is 4. The van der Waals surface area contributed by atoms with E-state index in [4.69, 9.17) is 11.6 Å². The second-order valence-corrected chi connectivity index (χ2v) is 6.18. The average molecular weight is 347 g/mol. The zero-order valence-electron chi connectivity index (χ0n) is 10.5. The molecule has 2 rings (SSSR count). The van der Waals surface area contributed by atoms with E-state index >= 15 is 0 Å². The third-order valence-corrected chi connectivity index (χ3v) is 5.07. The highest BCUT2D eigenvalue weighted by Crippen LogP contribution is 2.31. The van der Waals surface area contributed by atoms with Crippen LogP contribution in [0.3, 0.4) is 0 Å². The van der Waals surface area contributed by atoms with Crippen LogP contribution in [0.4, 0.5) is 0 Å². The Labute approximate surface area is 126 Å². The SMILES string of the molecule is O=C(NCC1CCCC1CO)c1cccc(Br)c1Cl. The number of halogens is 2. The number of benzene rings is 1. The van der Waals surface area contributed by atoms with Crippen LogP contribution in [0.5, 0.6) is 0 Å². The molecule has 0 heterocycles. The minimum atomic E-state index is -0.158. The van der Waals surface area contributed by atoms with Crippen molar-refractivity contribution >= 4 is 33.4 Å². The van der Waals surface area contributed by atoms with Gasteiger partial charge in [0.1, 0.15) is 0 Å². The van der Waals surface area contributed by atoms with E-state index in [0.29, 0.717) is 29.0 Å². The standard InChI is InChI=1S/C14H17BrClNO2/c15-12-6-2-5-11(13(12)16)14(19)17-7-9-3-1-4-10(9)8-18/h2,5-6,9-10,18H,1,3-4,7-8H2,(H,17,19). The van der Waals surface area contributed by atoms with Crippen LogP contribution in [0.1, 0.15) is 29.6 Å². The van der Waals surface area contributed by atoms with Crippen molar-refractivity contribution < 1.29 is 9.90 Å². The Kier molecular flexibility index (Phi) is 5.25. The van der Waals surface area contributed by atoms with Crippen molar-refractivity contribution in [3.8, 4) is 0 Å². The van der Waals surface area contributed by atoms with E-state index in [9.17, 15) is 9.90 Å². The summed E-state index contributed by atoms with van der Waals surface area (Å²) >= 11 is 9.40. The first-order valence-electron chi connectivity index (χ1n) is 6.46. The van der Waals surface area contributed by atoms with Gasteiger partial charge in [0.15, 0.2) is 0 Å². The lowest BCUT2D eigenvalue weighted by molar-refractivity contribution is 0.0938. The van der Waals surface area contributed by atoms with Gasteiger partial charge >= 0.3 is 0 Å². The molecule has 1 amide bonds. The number of amides is 1. The Balaban J connectivity index is 1.96. The van der Waals surface area contributed by atoms with Crippen molar-refractivity contribution in [2.24, 2.45) is 11.8 Å². The van der Waals surface area contributed by atoms with Crippen LogP contribution in [0.25, 0.3) is 0 Å². The maximum absolute atomic E-state index is 12.1. The average Bonchev–Trinajstić information content (AvgIpc) is 2.86. The molecule has 1 aliphatic carbocycles. The summed E-state index contributed by atoms with van der Waals surface area (Å²) in [6, 6.07) is 5.30. The molecular weight excluding hydrogens is 330 g/mol. The van der Waals surface area contributed by atoms with E-state index in [1.165, 1.54) is 0 Å². The minimum absolute atomic E-state index is 0.158. The van der Waals surface area contributed by atoms with Crippen LogP contribution in [0.2, 0.25) is 5.02 Å². The predicted molar refractivity (Wildman–Crippen MR) is 79.4 cm³/mol. The van der Waals surface area contributed by atoms with Gasteiger partial charge in [-0.1, -0.05) is 24.1 Å². The van der Waals surface area contributed by atoms with Crippen LogP contribution in [-0.4, -0.2) is 24.2 Å². The van der Waals surface area contributed by atoms with Crippen molar-refractivity contribution in [1.82, 2.24) is 5.32 Å². The second-order valence-electron chi connectivity index (χ2n) is 4.95. The number of hydrogen-bond donors (Lipinski definition) is 2. The molecule has 2 N–H and O–H groups in total. The normalized spacial score (nSPS) is 22.5. The smallest absolute Gasteiger partial charge is 0.252 e. The lowest BCUT2D eigenvalue weighted by Gasteiger charge is -2.18. The van der Waals surface area contributed by atoms with Gasteiger partial charge in [-0.05, 0) is 52.7 Å². The molecule has 0 radical (unpaired) electrons. The summed E-state index contributed by atoms with van der Waals surface area (Å²) in [5.41, 5.74) is 0.481. The predicted octanol–water partition coefficient (Wildman–Crippen LogP) is 3.24. The summed E-state index contributed by atoms with van der Waals surface area (Å²) in [6.07, 6.45) is 3.25. The summed E-state index contributed by atoms with van der Waals surface area (Å²) in [6.45, 7) is 0.811. The fourth-order valence-electron chi connectivity index (χ4n) is 2.62. The minimum Gasteiger partial charge on any atom is -0.396 e. The molecule has 1 aromatic rings. The largest absolute Gasteiger partial charge is 0.396 e. The van der Waals surface area contributed by atoms with Gasteiger partial charge in [-0.2, -0.15) is 0 Å². The first-order chi connectivity index (χ1) is 9.13. The molecular formula is C14H17BrClNO2. The van der Waals surface area contributed by atoms with E-state index in [1.807, 2.05) is 0 Å². The Bertz CT molecular complexity index is 467. The van der Waals surface area contributed by atoms with Gasteiger partial charge in [-0.25, -0.2) is 0 Å². The Hall–Kier alpha value is -0.580. The van der Waals surface area contributed by atoms with E-state index < -0.39 is 0 Å². The molecule has 2 unspecified atom stereocenters. The summed E-state index contributed by atoms with van der Waals surface area (Å²) in [5, 5.41) is 12.6. The Morgan fingerprint density at radius 3 is 2.89 bits per heavy atom. The molecule has 1 aromatic carbocycles. The lowest BCUT2D eigenvalue weighted by atomic mass is 9.97. The highest BCUT2D eigenvalue weighted by atomic mass is 79.9. The number of aliphatic hydroxyl groups is 1. The molecule has 104 valence electrons. The molecule has 0 saturated heterocycles. The van der Waals surface area contributed by atoms with E-state index in [1.54, 1.807) is 18.2 Å². The fraction of sp³-hybridized carbons (Fsp3) is 0.500. The summed E-state index contributed by atoms with van der Waals surface area (Å²) in [5.74, 6) is 0.535. The zero-order chi connectivity index (χ0) is 13.8. The van der Waals surface area contributed by atoms with Crippen LogP contribution >= 0.6 is 27.5 Å². The van der Waals surface area contributed by atoms with Gasteiger partial charge in [-0.15, -0.1) is 0 Å². The summed E-state index contributed by atoms with van der Waals surface area (Å²) in [4.78, 5) is 12.1. The third kappa shape index (κ3) is 3.50. The quantitative estimate of drug-likeness (QED) is 0.879. The molecule has 19 heavy (non-hydrogen) atoms. The number of carbonyl (C=O) groups excluding carboxylic acids is 1. The van der Waals surface area contributed by atoms with Crippen LogP contribution in [-0.2, 0) is 0 Å². The van der Waals surface area contributed by atoms with Crippen LogP contribution in [0.15, 0.2) is 22.7 Å². The first kappa shape index (κ1) is 14.8. The highest BCUT2D eigenvalue weighted by molar-refractivity contribution is 9.10. The fourth-order valence-corrected chi connectivity index (χ4v) is 3.20. The van der Waals surface area contributed by atoms with Crippen molar-refractivity contribution in [3.05, 3.63) is 33.3 Å². The van der Waals surface area contributed by atoms with Gasteiger partial charge in [-0.3, -0.25) is 4.79 Å². The maximum Gasteiger partial charge on any atom is 0.252 e. The second kappa shape index (κ2) is 6.73.